The summed E-state index contributed by atoms with van der Waals surface area (Å²) in [7, 11) is 5.20. The predicted octanol–water partition coefficient (Wildman–Crippen LogP) is 3.05. The molecule has 1 saturated heterocycles. The van der Waals surface area contributed by atoms with Crippen LogP contribution in [-0.4, -0.2) is 56.1 Å². The van der Waals surface area contributed by atoms with Crippen molar-refractivity contribution in [2.45, 2.75) is 19.4 Å². The van der Waals surface area contributed by atoms with E-state index in [0.29, 0.717) is 28.3 Å². The number of hydrogen-bond acceptors (Lipinski definition) is 7. The molecule has 1 N–H and O–H groups in total. The molecule has 0 radical (unpaired) electrons. The molecule has 1 aliphatic rings. The first kappa shape index (κ1) is 21.4. The molecule has 3 aromatic rings. The number of benzene rings is 2. The van der Waals surface area contributed by atoms with Crippen molar-refractivity contribution in [1.82, 2.24) is 15.2 Å². The highest BCUT2D eigenvalue weighted by molar-refractivity contribution is 6.04. The minimum atomic E-state index is -0.365. The number of hydrogen-bond donors (Lipinski definition) is 1. The maximum atomic E-state index is 12.6. The van der Waals surface area contributed by atoms with Crippen LogP contribution in [0.5, 0.6) is 0 Å². The molecule has 4 rings (SSSR count). The van der Waals surface area contributed by atoms with Gasteiger partial charge in [-0.25, -0.2) is 4.98 Å². The van der Waals surface area contributed by atoms with Crippen molar-refractivity contribution in [3.05, 3.63) is 46.8 Å². The van der Waals surface area contributed by atoms with Crippen LogP contribution in [-0.2, 0) is 0 Å². The number of carbonyl (C=O) groups excluding carboxylic acids is 1. The van der Waals surface area contributed by atoms with E-state index in [0.717, 1.165) is 41.9 Å². The molecule has 1 aromatic heterocycles. The molecule has 162 valence electrons. The number of anilines is 1. The van der Waals surface area contributed by atoms with Crippen LogP contribution >= 0.6 is 0 Å². The van der Waals surface area contributed by atoms with Crippen LogP contribution < -0.4 is 10.2 Å². The second kappa shape index (κ2) is 8.33. The molecular weight excluding hydrogens is 404 g/mol. The molecule has 0 aliphatic carbocycles. The van der Waals surface area contributed by atoms with Gasteiger partial charge in [-0.05, 0) is 43.7 Å². The average molecular weight is 428 g/mol. The number of oxazole rings is 1. The minimum absolute atomic E-state index is 0.0468. The van der Waals surface area contributed by atoms with Gasteiger partial charge in [-0.1, -0.05) is 12.1 Å². The summed E-state index contributed by atoms with van der Waals surface area (Å²) in [5.74, 6) is -0.411. The Morgan fingerprint density at radius 1 is 1.31 bits per heavy atom. The number of carbonyl (C=O) groups is 1. The lowest BCUT2D eigenvalue weighted by Gasteiger charge is -2.24. The summed E-state index contributed by atoms with van der Waals surface area (Å²) in [6.45, 7) is 3.41. The molecule has 8 nitrogen and oxygen atoms in total. The van der Waals surface area contributed by atoms with Crippen molar-refractivity contribution in [2.24, 2.45) is 0 Å². The molecular formula is C24H24N6O2. The fourth-order valence-corrected chi connectivity index (χ4v) is 4.26. The van der Waals surface area contributed by atoms with Crippen LogP contribution in [0.1, 0.15) is 33.8 Å². The van der Waals surface area contributed by atoms with Gasteiger partial charge in [0.25, 0.3) is 5.89 Å². The topological polar surface area (TPSA) is 109 Å². The summed E-state index contributed by atoms with van der Waals surface area (Å²) in [4.78, 5) is 20.6. The molecule has 0 saturated carbocycles. The largest absolute Gasteiger partial charge is 0.430 e. The number of likely N-dealkylation sites (N-methyl/N-ethyl adjacent to an activating group) is 1. The van der Waals surface area contributed by atoms with Gasteiger partial charge in [-0.2, -0.15) is 10.5 Å². The zero-order valence-corrected chi connectivity index (χ0v) is 18.6. The third kappa shape index (κ3) is 3.45. The van der Waals surface area contributed by atoms with E-state index >= 15 is 0 Å². The van der Waals surface area contributed by atoms with Crippen molar-refractivity contribution >= 4 is 22.7 Å². The Balaban J connectivity index is 2.08. The van der Waals surface area contributed by atoms with Gasteiger partial charge < -0.3 is 19.5 Å². The fraction of sp³-hybridized carbons (Fsp3) is 0.333. The average Bonchev–Trinajstić information content (AvgIpc) is 3.45. The van der Waals surface area contributed by atoms with Crippen molar-refractivity contribution in [1.29, 1.82) is 10.5 Å². The van der Waals surface area contributed by atoms with Gasteiger partial charge in [0, 0.05) is 38.8 Å². The first-order valence-corrected chi connectivity index (χ1v) is 10.4. The van der Waals surface area contributed by atoms with Gasteiger partial charge in [0.1, 0.15) is 11.6 Å². The van der Waals surface area contributed by atoms with Crippen LogP contribution in [0.2, 0.25) is 0 Å². The smallest absolute Gasteiger partial charge is 0.309 e. The molecule has 1 fully saturated rings. The van der Waals surface area contributed by atoms with Crippen LogP contribution in [0.3, 0.4) is 0 Å². The number of nitrogens with zero attached hydrogens (tertiary/aromatic N) is 5. The van der Waals surface area contributed by atoms with Gasteiger partial charge in [0.15, 0.2) is 5.58 Å². The van der Waals surface area contributed by atoms with E-state index in [-0.39, 0.29) is 11.8 Å². The van der Waals surface area contributed by atoms with E-state index in [4.69, 9.17) is 4.42 Å². The quantitative estimate of drug-likeness (QED) is 0.680. The van der Waals surface area contributed by atoms with Crippen LogP contribution in [0.25, 0.3) is 22.2 Å². The van der Waals surface area contributed by atoms with Crippen LogP contribution in [0.15, 0.2) is 28.7 Å². The Kier molecular flexibility index (Phi) is 5.56. The Bertz CT molecular complexity index is 1290. The molecule has 8 heteroatoms. The highest BCUT2D eigenvalue weighted by Gasteiger charge is 2.31. The van der Waals surface area contributed by atoms with E-state index < -0.39 is 0 Å². The van der Waals surface area contributed by atoms with Crippen LogP contribution in [0, 0.1) is 29.6 Å². The van der Waals surface area contributed by atoms with Crippen LogP contribution in [0.4, 0.5) is 5.69 Å². The third-order valence-corrected chi connectivity index (χ3v) is 5.96. The first-order valence-electron chi connectivity index (χ1n) is 10.4. The minimum Gasteiger partial charge on any atom is -0.430 e. The second-order valence-electron chi connectivity index (χ2n) is 8.14. The lowest BCUT2D eigenvalue weighted by Crippen LogP contribution is -2.30. The molecule has 32 heavy (non-hydrogen) atoms. The summed E-state index contributed by atoms with van der Waals surface area (Å²) in [5.41, 5.74) is 4.89. The number of amides is 1. The number of nitriles is 2. The third-order valence-electron chi connectivity index (χ3n) is 5.96. The molecule has 0 unspecified atom stereocenters. The normalized spacial score (nSPS) is 15.6. The summed E-state index contributed by atoms with van der Waals surface area (Å²) in [6.07, 6.45) is 0.951. The first-order chi connectivity index (χ1) is 15.4. The fourth-order valence-electron chi connectivity index (χ4n) is 4.26. The van der Waals surface area contributed by atoms with Gasteiger partial charge in [0.2, 0.25) is 0 Å². The number of rotatable bonds is 4. The maximum absolute atomic E-state index is 12.6. The Morgan fingerprint density at radius 3 is 2.72 bits per heavy atom. The number of aromatic nitrogens is 1. The Labute approximate surface area is 186 Å². The van der Waals surface area contributed by atoms with Crippen molar-refractivity contribution < 1.29 is 9.21 Å². The lowest BCUT2D eigenvalue weighted by molar-refractivity contribution is 0.0791. The second-order valence-corrected chi connectivity index (χ2v) is 8.14. The molecule has 1 atom stereocenters. The summed E-state index contributed by atoms with van der Waals surface area (Å²) in [5, 5.41) is 22.7. The standard InChI is InChI=1S/C24H24N6O2/c1-14-18(12-26)20-22(32-23(28-20)24(31)29(3)4)21(30-9-8-17(13-30)27-2)19(14)16-7-5-6-15(10-16)11-25/h5-7,10,17,27H,8-9,13H2,1-4H3/t17-/m0/s1. The van der Waals surface area contributed by atoms with Crippen molar-refractivity contribution in [2.75, 3.05) is 39.1 Å². The lowest BCUT2D eigenvalue weighted by atomic mass is 9.92. The molecule has 2 heterocycles. The highest BCUT2D eigenvalue weighted by Crippen LogP contribution is 2.44. The zero-order chi connectivity index (χ0) is 23.0. The van der Waals surface area contributed by atoms with Gasteiger partial charge in [-0.15, -0.1) is 0 Å². The Hall–Kier alpha value is -3.88. The van der Waals surface area contributed by atoms with Crippen molar-refractivity contribution in [3.63, 3.8) is 0 Å². The monoisotopic (exact) mass is 428 g/mol. The van der Waals surface area contributed by atoms with Crippen molar-refractivity contribution in [3.8, 4) is 23.3 Å². The summed E-state index contributed by atoms with van der Waals surface area (Å²) in [6, 6.07) is 12.1. The van der Waals surface area contributed by atoms with E-state index in [1.54, 1.807) is 20.2 Å². The molecule has 2 aromatic carbocycles. The molecule has 0 bridgehead atoms. The molecule has 1 amide bonds. The summed E-state index contributed by atoms with van der Waals surface area (Å²) >= 11 is 0. The summed E-state index contributed by atoms with van der Waals surface area (Å²) < 4.78 is 6.04. The van der Waals surface area contributed by atoms with Gasteiger partial charge in [0.05, 0.1) is 22.9 Å². The zero-order valence-electron chi connectivity index (χ0n) is 18.6. The molecule has 0 spiro atoms. The maximum Gasteiger partial charge on any atom is 0.309 e. The highest BCUT2D eigenvalue weighted by atomic mass is 16.4. The van der Waals surface area contributed by atoms with E-state index in [1.807, 2.05) is 32.2 Å². The SMILES string of the molecule is CN[C@H]1CCN(c2c(-c3cccc(C#N)c3)c(C)c(C#N)c3nc(C(=O)N(C)C)oc23)C1. The van der Waals surface area contributed by atoms with E-state index in [9.17, 15) is 15.3 Å². The Morgan fingerprint density at radius 2 is 2.09 bits per heavy atom. The number of nitrogens with one attached hydrogen (secondary N) is 1. The number of fused-ring (bicyclic) bond motifs is 1. The molecule has 1 aliphatic heterocycles. The van der Waals surface area contributed by atoms with E-state index in [2.05, 4.69) is 27.3 Å². The van der Waals surface area contributed by atoms with Gasteiger partial charge >= 0.3 is 5.91 Å². The predicted molar refractivity (Wildman–Crippen MR) is 121 cm³/mol. The van der Waals surface area contributed by atoms with E-state index in [1.165, 1.54) is 4.90 Å². The van der Waals surface area contributed by atoms with Gasteiger partial charge in [-0.3, -0.25) is 4.79 Å².